The summed E-state index contributed by atoms with van der Waals surface area (Å²) in [5.41, 5.74) is -1.85. The number of rotatable bonds is 25. The number of nitro groups is 4. The van der Waals surface area contributed by atoms with E-state index in [2.05, 4.69) is 239 Å². The molecule has 0 unspecified atom stereocenters. The van der Waals surface area contributed by atoms with Crippen molar-refractivity contribution in [1.29, 1.82) is 0 Å². The molecule has 0 saturated carbocycles. The minimum Gasteiger partial charge on any atom is -0.543 e. The predicted octanol–water partition coefficient (Wildman–Crippen LogP) is 24.4. The number of carbonyl (C=O) groups excluding carboxylic acids is 2. The number of ether oxygens (including phenoxy) is 2. The summed E-state index contributed by atoms with van der Waals surface area (Å²) in [7, 11) is -9.59. The number of aromatic carboxylic acids is 2. The van der Waals surface area contributed by atoms with Crippen LogP contribution in [0.3, 0.4) is 0 Å². The molecule has 8 rings (SSSR count). The zero-order valence-corrected chi connectivity index (χ0v) is 82.8. The van der Waals surface area contributed by atoms with Crippen LogP contribution in [0.4, 0.5) is 35.9 Å². The van der Waals surface area contributed by atoms with Crippen molar-refractivity contribution in [2.45, 2.75) is 200 Å². The molecule has 127 heavy (non-hydrogen) atoms. The Labute approximate surface area is 769 Å². The second-order valence-electron chi connectivity index (χ2n) is 30.8. The van der Waals surface area contributed by atoms with Crippen LogP contribution in [0.25, 0.3) is 0 Å². The number of esters is 2. The number of phenolic OH excluding ortho intramolecular Hbond substituents is 3. The maximum Gasteiger partial charge on any atom is 0.534 e. The Hall–Kier alpha value is -11.2. The van der Waals surface area contributed by atoms with Crippen molar-refractivity contribution in [3.05, 3.63) is 256 Å². The Kier molecular flexibility index (Phi) is 47.3. The van der Waals surface area contributed by atoms with E-state index in [9.17, 15) is 81.2 Å². The molecule has 0 atom stereocenters. The average Bonchev–Trinajstić information content (AvgIpc) is 0.803. The molecule has 8 aromatic rings. The number of halogens is 5. The van der Waals surface area contributed by atoms with E-state index in [0.717, 1.165) is 76.0 Å². The highest BCUT2D eigenvalue weighted by molar-refractivity contribution is 14.1. The van der Waals surface area contributed by atoms with Crippen LogP contribution in [0.5, 0.6) is 40.2 Å². The lowest BCUT2D eigenvalue weighted by atomic mass is 10.1. The van der Waals surface area contributed by atoms with Crippen LogP contribution < -0.4 is 17.5 Å². The fraction of sp³-hybridized carbons (Fsp3) is 0.371. The van der Waals surface area contributed by atoms with Crippen molar-refractivity contribution in [2.75, 3.05) is 14.2 Å². The van der Waals surface area contributed by atoms with Crippen molar-refractivity contribution in [2.24, 2.45) is 0 Å². The number of nitro benzene ring substituents is 4. The minimum atomic E-state index is -6.11. The van der Waals surface area contributed by atoms with Crippen LogP contribution in [0, 0.1) is 71.8 Å². The Morgan fingerprint density at radius 1 is 0.425 bits per heavy atom. The van der Waals surface area contributed by atoms with Crippen LogP contribution in [0.1, 0.15) is 203 Å². The number of methoxy groups -OCH3 is 2. The number of hydrogen-bond donors (Lipinski definition) is 5. The maximum absolute atomic E-state index is 12.2. The number of hydrogen-bond acceptors (Lipinski definition) is 23. The van der Waals surface area contributed by atoms with Gasteiger partial charge >= 0.3 is 56.6 Å². The molecule has 38 heteroatoms. The molecule has 0 fully saturated rings. The first-order chi connectivity index (χ1) is 58.9. The normalized spacial score (nSPS) is 11.0. The Balaban J connectivity index is 0.000000761. The summed E-state index contributed by atoms with van der Waals surface area (Å²) in [6, 6.07) is 42.5. The molecule has 0 aliphatic rings. The van der Waals surface area contributed by atoms with Gasteiger partial charge in [0.2, 0.25) is 5.75 Å². The Morgan fingerprint density at radius 3 is 0.969 bits per heavy atom. The molecule has 0 radical (unpaired) electrons. The molecule has 0 aliphatic carbocycles. The van der Waals surface area contributed by atoms with Crippen LogP contribution in [0.15, 0.2) is 170 Å². The number of phenols is 3. The number of terminal acetylenes is 1. The van der Waals surface area contributed by atoms with E-state index in [1.165, 1.54) is 35.3 Å². The number of aromatic hydroxyl groups is 3. The van der Waals surface area contributed by atoms with Crippen molar-refractivity contribution in [1.82, 2.24) is 0 Å². The molecule has 690 valence electrons. The van der Waals surface area contributed by atoms with Gasteiger partial charge < -0.3 is 52.5 Å². The maximum atomic E-state index is 12.2. The molecule has 0 aromatic heterocycles. The molecular formula is C89H111F3I2N4O25SSi3. The lowest BCUT2D eigenvalue weighted by molar-refractivity contribution is -0.386. The second kappa shape index (κ2) is 52.8. The lowest BCUT2D eigenvalue weighted by Gasteiger charge is -2.42. The second-order valence-corrected chi connectivity index (χ2v) is 50.9. The summed E-state index contributed by atoms with van der Waals surface area (Å²) in [6.07, 6.45) is 6.64. The van der Waals surface area contributed by atoms with Gasteiger partial charge in [0, 0.05) is 60.7 Å². The summed E-state index contributed by atoms with van der Waals surface area (Å²) < 4.78 is 93.2. The third-order valence-corrected chi connectivity index (χ3v) is 39.8. The van der Waals surface area contributed by atoms with Gasteiger partial charge in [-0.1, -0.05) is 163 Å². The summed E-state index contributed by atoms with van der Waals surface area (Å²) in [5.74, 6) is 4.90. The molecule has 0 amide bonds. The van der Waals surface area contributed by atoms with E-state index in [4.69, 9.17) is 45.2 Å². The Bertz CT molecular complexity index is 5060. The highest BCUT2D eigenvalue weighted by Crippen LogP contribution is 2.46. The van der Waals surface area contributed by atoms with Crippen LogP contribution in [-0.2, 0) is 19.6 Å². The van der Waals surface area contributed by atoms with Gasteiger partial charge in [0.15, 0.2) is 11.5 Å². The zero-order chi connectivity index (χ0) is 97.7. The molecule has 5 N–H and O–H groups in total. The van der Waals surface area contributed by atoms with E-state index >= 15 is 0 Å². The summed E-state index contributed by atoms with van der Waals surface area (Å²) in [4.78, 5) is 82.8. The topological polar surface area (TPSA) is 432 Å². The highest BCUT2D eigenvalue weighted by Gasteiger charge is 2.51. The van der Waals surface area contributed by atoms with Crippen LogP contribution >= 0.6 is 45.2 Å². The molecule has 8 aromatic carbocycles. The third kappa shape index (κ3) is 34.2. The monoisotopic (exact) mass is 2060 g/mol. The lowest BCUT2D eigenvalue weighted by Crippen LogP contribution is -2.50. The summed E-state index contributed by atoms with van der Waals surface area (Å²) in [6.45, 7) is 45.3. The Morgan fingerprint density at radius 2 is 0.701 bits per heavy atom. The van der Waals surface area contributed by atoms with E-state index in [-0.39, 0.29) is 27.9 Å². The summed E-state index contributed by atoms with van der Waals surface area (Å²) in [5, 5.41) is 86.1. The van der Waals surface area contributed by atoms with E-state index in [0.29, 0.717) is 73.3 Å². The number of alkyl halides is 3. The highest BCUT2D eigenvalue weighted by atomic mass is 127. The standard InChI is InChI=1S/C25H31NO5Si.C17H26OSi.C15H25IOSi.C9H6F3NO7S.2C7H5NO5.C6H5IO.C3H8/c1-17(2)32(18(3)4,19(5)6)31-23-13-9-20(10-14-23)8-11-21-16-22(25(27)30-7)12-15-24(21)26(28)29;1-8-16-9-11-17(12-10-16)18-19(13(2)3,14(4)5)15(6)7;1-11(2)18(12(3)4,13(5)6)17-15-9-7-14(16)8-10-15;1-19-8(14)5-2-3-6(13(15)16)7(4-5)20-21(17,18)9(10,11)12;2*9-6-3-4(7(10)11)1-2-5(6)8(12)13;7-5-1-3-6(8)4-2-5;1-3-2/h9-10,12-19H,1-7H3;1,9-15H,2-7H3;7-13H,1-6H3;2-4H,1H3;2*1-3,9H,(H,10,11);1-4,8H;3H2,1-2H3. The quantitative estimate of drug-likeness (QED) is 0.00518. The van der Waals surface area contributed by atoms with Crippen molar-refractivity contribution >= 4 is 127 Å². The van der Waals surface area contributed by atoms with Crippen molar-refractivity contribution in [3.63, 3.8) is 0 Å². The first kappa shape index (κ1) is 114. The molecular weight excluding hydrogens is 1950 g/mol. The number of carbonyl (C=O) groups is 4. The first-order valence-electron chi connectivity index (χ1n) is 39.5. The van der Waals surface area contributed by atoms with Gasteiger partial charge in [-0.2, -0.15) is 21.6 Å². The van der Waals surface area contributed by atoms with Crippen LogP contribution in [0.2, 0.25) is 49.9 Å². The molecule has 0 saturated heterocycles. The molecule has 0 bridgehead atoms. The van der Waals surface area contributed by atoms with E-state index < -0.39 is 124 Å². The largest absolute Gasteiger partial charge is 0.543 e. The van der Waals surface area contributed by atoms with E-state index in [1.54, 1.807) is 12.1 Å². The smallest absolute Gasteiger partial charge is 0.534 e. The van der Waals surface area contributed by atoms with Crippen molar-refractivity contribution in [3.8, 4) is 64.4 Å². The van der Waals surface area contributed by atoms with Gasteiger partial charge in [0.1, 0.15) is 28.6 Å². The fourth-order valence-electron chi connectivity index (χ4n) is 13.8. The van der Waals surface area contributed by atoms with Crippen LogP contribution in [-0.4, -0.2) is 122 Å². The summed E-state index contributed by atoms with van der Waals surface area (Å²) >= 11 is 4.52. The minimum absolute atomic E-state index is 0.157. The molecule has 29 nitrogen and oxygen atoms in total. The van der Waals surface area contributed by atoms with Gasteiger partial charge in [-0.15, -0.1) is 6.42 Å². The fourth-order valence-corrected chi connectivity index (χ4v) is 30.7. The predicted molar refractivity (Wildman–Crippen MR) is 506 cm³/mol. The molecule has 0 heterocycles. The van der Waals surface area contributed by atoms with Gasteiger partial charge in [-0.05, 0) is 222 Å². The molecule has 0 aliphatic heterocycles. The van der Waals surface area contributed by atoms with Gasteiger partial charge in [-0.3, -0.25) is 40.5 Å². The van der Waals surface area contributed by atoms with Gasteiger partial charge in [-0.25, -0.2) is 19.2 Å². The third-order valence-electron chi connectivity index (χ3n) is 19.4. The zero-order valence-electron chi connectivity index (χ0n) is 74.6. The van der Waals surface area contributed by atoms with Gasteiger partial charge in [0.05, 0.1) is 56.2 Å². The van der Waals surface area contributed by atoms with Crippen molar-refractivity contribution < 1.29 is 113 Å². The molecule has 0 spiro atoms. The number of benzene rings is 8. The number of nitrogens with zero attached hydrogens (tertiary/aromatic N) is 4. The first-order valence-corrected chi connectivity index (χ1v) is 49.5. The number of carboxylic acid groups (broad SMARTS) is 2. The number of carboxylic acids is 2. The van der Waals surface area contributed by atoms with E-state index in [1.807, 2.05) is 60.7 Å². The SMILES string of the molecule is C#Cc1ccc(O[Si](C(C)C)(C(C)C)C(C)C)cc1.CC(C)[Si](Oc1ccc(I)cc1)(C(C)C)C(C)C.CCC.COC(=O)c1ccc([N+](=O)[O-])c(C#Cc2ccc(O[Si](C(C)C)(C(C)C)C(C)C)cc2)c1.COC(=O)c1ccc([N+](=O)[O-])c(OS(=O)(=O)C(F)(F)F)c1.O=C(O)c1ccc([N+](=O)[O-])c(O)c1.O=C(O)c1ccc([N+](=O)[O-])c(O)c1.Oc1ccc(I)cc1. The average molecular weight is 2060 g/mol. The van der Waals surface area contributed by atoms with Gasteiger partial charge in [0.25, 0.3) is 30.6 Å².